The number of carbonyl (C=O) groups excluding carboxylic acids is 1. The van der Waals surface area contributed by atoms with E-state index in [0.717, 1.165) is 42.0 Å². The highest BCUT2D eigenvalue weighted by Crippen LogP contribution is 2.20. The smallest absolute Gasteiger partial charge is 0.238 e. The molecule has 2 aromatic rings. The fraction of sp³-hybridized carbons (Fsp3) is 0.300. The van der Waals surface area contributed by atoms with Gasteiger partial charge in [-0.05, 0) is 55.2 Å². The second-order valence-electron chi connectivity index (χ2n) is 6.30. The lowest BCUT2D eigenvalue weighted by atomic mass is 10.0. The minimum atomic E-state index is 0.0402. The lowest BCUT2D eigenvalue weighted by Crippen LogP contribution is -2.36. The molecule has 1 aliphatic rings. The monoisotopic (exact) mass is 321 g/mol. The molecular formula is C20H23N3O. The Bertz CT molecular complexity index is 753. The number of anilines is 1. The maximum atomic E-state index is 12.3. The van der Waals surface area contributed by atoms with E-state index in [9.17, 15) is 4.79 Å². The van der Waals surface area contributed by atoms with Crippen molar-refractivity contribution < 1.29 is 4.79 Å². The summed E-state index contributed by atoms with van der Waals surface area (Å²) in [6.45, 7) is 6.12. The predicted octanol–water partition coefficient (Wildman–Crippen LogP) is 3.43. The molecule has 0 saturated heterocycles. The van der Waals surface area contributed by atoms with E-state index in [1.807, 2.05) is 50.4 Å². The molecule has 0 atom stereocenters. The Morgan fingerprint density at radius 1 is 1.25 bits per heavy atom. The number of rotatable bonds is 4. The number of amides is 1. The van der Waals surface area contributed by atoms with E-state index in [0.29, 0.717) is 6.54 Å². The van der Waals surface area contributed by atoms with Crippen molar-refractivity contribution in [2.75, 3.05) is 25.0 Å². The number of pyridine rings is 1. The first-order chi connectivity index (χ1) is 11.6. The minimum absolute atomic E-state index is 0.0402. The van der Waals surface area contributed by atoms with Crippen LogP contribution < -0.4 is 5.32 Å². The van der Waals surface area contributed by atoms with Gasteiger partial charge in [-0.25, -0.2) is 0 Å². The van der Waals surface area contributed by atoms with Crippen LogP contribution in [0, 0.1) is 13.8 Å². The first kappa shape index (κ1) is 16.4. The maximum Gasteiger partial charge on any atom is 0.238 e. The third-order valence-electron chi connectivity index (χ3n) is 4.32. The number of aromatic nitrogens is 1. The van der Waals surface area contributed by atoms with Crippen LogP contribution in [0.15, 0.2) is 48.7 Å². The average Bonchev–Trinajstić information content (AvgIpc) is 2.59. The fourth-order valence-corrected chi connectivity index (χ4v) is 2.90. The molecule has 4 heteroatoms. The molecule has 0 radical (unpaired) electrons. The van der Waals surface area contributed by atoms with Gasteiger partial charge in [-0.2, -0.15) is 0 Å². The van der Waals surface area contributed by atoms with E-state index < -0.39 is 0 Å². The molecule has 0 unspecified atom stereocenters. The molecule has 0 aliphatic carbocycles. The highest BCUT2D eigenvalue weighted by Gasteiger charge is 2.16. The van der Waals surface area contributed by atoms with Gasteiger partial charge in [0, 0.05) is 25.0 Å². The first-order valence-electron chi connectivity index (χ1n) is 8.32. The van der Waals surface area contributed by atoms with Crippen LogP contribution in [0.2, 0.25) is 0 Å². The molecule has 1 aromatic carbocycles. The van der Waals surface area contributed by atoms with Crippen LogP contribution in [0.5, 0.6) is 0 Å². The molecule has 0 fully saturated rings. The summed E-state index contributed by atoms with van der Waals surface area (Å²) in [5.41, 5.74) is 5.45. The Labute approximate surface area is 143 Å². The van der Waals surface area contributed by atoms with E-state index in [-0.39, 0.29) is 5.91 Å². The Morgan fingerprint density at radius 2 is 2.12 bits per heavy atom. The number of hydrogen-bond acceptors (Lipinski definition) is 3. The SMILES string of the molecule is Cc1ccc(C)c(NC(=O)CN2CC=C(c3ccccn3)CC2)c1. The van der Waals surface area contributed by atoms with Crippen LogP contribution in [0.4, 0.5) is 5.69 Å². The lowest BCUT2D eigenvalue weighted by molar-refractivity contribution is -0.117. The number of nitrogens with one attached hydrogen (secondary N) is 1. The molecule has 1 aliphatic heterocycles. The van der Waals surface area contributed by atoms with Gasteiger partial charge in [-0.15, -0.1) is 0 Å². The average molecular weight is 321 g/mol. The molecule has 4 nitrogen and oxygen atoms in total. The Hall–Kier alpha value is -2.46. The maximum absolute atomic E-state index is 12.3. The second-order valence-corrected chi connectivity index (χ2v) is 6.30. The van der Waals surface area contributed by atoms with Gasteiger partial charge in [0.25, 0.3) is 0 Å². The van der Waals surface area contributed by atoms with Gasteiger partial charge in [0.2, 0.25) is 5.91 Å². The van der Waals surface area contributed by atoms with Crippen LogP contribution in [-0.2, 0) is 4.79 Å². The van der Waals surface area contributed by atoms with Crippen molar-refractivity contribution in [2.45, 2.75) is 20.3 Å². The Kier molecular flexibility index (Phi) is 5.06. The second kappa shape index (κ2) is 7.41. The van der Waals surface area contributed by atoms with Gasteiger partial charge in [-0.3, -0.25) is 14.7 Å². The molecule has 2 heterocycles. The topological polar surface area (TPSA) is 45.2 Å². The number of aryl methyl sites for hydroxylation is 2. The van der Waals surface area contributed by atoms with Crippen molar-refractivity contribution in [3.63, 3.8) is 0 Å². The molecule has 0 spiro atoms. The van der Waals surface area contributed by atoms with E-state index in [4.69, 9.17) is 0 Å². The van der Waals surface area contributed by atoms with Crippen molar-refractivity contribution >= 4 is 17.2 Å². The lowest BCUT2D eigenvalue weighted by Gasteiger charge is -2.25. The number of nitrogens with zero attached hydrogens (tertiary/aromatic N) is 2. The van der Waals surface area contributed by atoms with Crippen molar-refractivity contribution in [3.05, 3.63) is 65.5 Å². The summed E-state index contributed by atoms with van der Waals surface area (Å²) in [5, 5.41) is 3.03. The van der Waals surface area contributed by atoms with Crippen LogP contribution >= 0.6 is 0 Å². The molecule has 1 N–H and O–H groups in total. The summed E-state index contributed by atoms with van der Waals surface area (Å²) >= 11 is 0. The Balaban J connectivity index is 1.57. The van der Waals surface area contributed by atoms with Gasteiger partial charge in [0.1, 0.15) is 0 Å². The van der Waals surface area contributed by atoms with Crippen LogP contribution in [-0.4, -0.2) is 35.4 Å². The van der Waals surface area contributed by atoms with Crippen molar-refractivity contribution in [1.29, 1.82) is 0 Å². The van der Waals surface area contributed by atoms with Gasteiger partial charge in [0.05, 0.1) is 12.2 Å². The highest BCUT2D eigenvalue weighted by atomic mass is 16.2. The zero-order valence-electron chi connectivity index (χ0n) is 14.2. The standard InChI is InChI=1S/C20H23N3O/c1-15-6-7-16(2)19(13-15)22-20(24)14-23-11-8-17(9-12-23)18-5-3-4-10-21-18/h3-8,10,13H,9,11-12,14H2,1-2H3,(H,22,24). The van der Waals surface area contributed by atoms with Crippen molar-refractivity contribution in [3.8, 4) is 0 Å². The van der Waals surface area contributed by atoms with E-state index in [1.54, 1.807) is 0 Å². The molecule has 0 bridgehead atoms. The summed E-state index contributed by atoms with van der Waals surface area (Å²) in [4.78, 5) is 18.9. The molecule has 0 saturated carbocycles. The summed E-state index contributed by atoms with van der Waals surface area (Å²) in [7, 11) is 0. The summed E-state index contributed by atoms with van der Waals surface area (Å²) in [6.07, 6.45) is 4.92. The molecule has 24 heavy (non-hydrogen) atoms. The third kappa shape index (κ3) is 4.09. The molecule has 124 valence electrons. The largest absolute Gasteiger partial charge is 0.325 e. The van der Waals surface area contributed by atoms with Crippen molar-refractivity contribution in [1.82, 2.24) is 9.88 Å². The molecule has 1 amide bonds. The summed E-state index contributed by atoms with van der Waals surface area (Å²) < 4.78 is 0. The minimum Gasteiger partial charge on any atom is -0.325 e. The van der Waals surface area contributed by atoms with Gasteiger partial charge in [0.15, 0.2) is 0 Å². The normalized spacial score (nSPS) is 15.0. The van der Waals surface area contributed by atoms with Crippen LogP contribution in [0.25, 0.3) is 5.57 Å². The number of carbonyl (C=O) groups is 1. The van der Waals surface area contributed by atoms with Crippen LogP contribution in [0.3, 0.4) is 0 Å². The van der Waals surface area contributed by atoms with Gasteiger partial charge in [-0.1, -0.05) is 24.3 Å². The number of hydrogen-bond donors (Lipinski definition) is 1. The zero-order valence-corrected chi connectivity index (χ0v) is 14.2. The number of benzene rings is 1. The van der Waals surface area contributed by atoms with E-state index >= 15 is 0 Å². The van der Waals surface area contributed by atoms with Gasteiger partial charge < -0.3 is 5.32 Å². The van der Waals surface area contributed by atoms with E-state index in [2.05, 4.69) is 27.3 Å². The van der Waals surface area contributed by atoms with Crippen LogP contribution in [0.1, 0.15) is 23.2 Å². The first-order valence-corrected chi connectivity index (χ1v) is 8.32. The fourth-order valence-electron chi connectivity index (χ4n) is 2.90. The summed E-state index contributed by atoms with van der Waals surface area (Å²) in [5.74, 6) is 0.0402. The molecular weight excluding hydrogens is 298 g/mol. The van der Waals surface area contributed by atoms with E-state index in [1.165, 1.54) is 5.57 Å². The Morgan fingerprint density at radius 3 is 2.83 bits per heavy atom. The summed E-state index contributed by atoms with van der Waals surface area (Å²) in [6, 6.07) is 12.1. The van der Waals surface area contributed by atoms with Crippen molar-refractivity contribution in [2.24, 2.45) is 0 Å². The molecule has 1 aromatic heterocycles. The molecule has 3 rings (SSSR count). The third-order valence-corrected chi connectivity index (χ3v) is 4.32. The predicted molar refractivity (Wildman–Crippen MR) is 97.8 cm³/mol. The zero-order chi connectivity index (χ0) is 16.9. The quantitative estimate of drug-likeness (QED) is 0.938. The van der Waals surface area contributed by atoms with Gasteiger partial charge >= 0.3 is 0 Å². The highest BCUT2D eigenvalue weighted by molar-refractivity contribution is 5.93.